The van der Waals surface area contributed by atoms with Gasteiger partial charge in [0.15, 0.2) is 5.96 Å². The number of halogens is 1. The zero-order chi connectivity index (χ0) is 21.4. The first-order chi connectivity index (χ1) is 14.5. The third-order valence-electron chi connectivity index (χ3n) is 4.92. The van der Waals surface area contributed by atoms with Gasteiger partial charge in [-0.05, 0) is 35.6 Å². The highest BCUT2D eigenvalue weighted by molar-refractivity contribution is 14.0. The molecule has 0 unspecified atom stereocenters. The SMILES string of the molecule is CCNC(=NCc1ccc(Cn2ccccc2=O)cc1)NCC(C)(C)c1cccs1.I. The van der Waals surface area contributed by atoms with Gasteiger partial charge in [0, 0.05) is 35.6 Å². The van der Waals surface area contributed by atoms with Crippen LogP contribution in [0.2, 0.25) is 0 Å². The van der Waals surface area contributed by atoms with Crippen molar-refractivity contribution in [2.24, 2.45) is 4.99 Å². The largest absolute Gasteiger partial charge is 0.357 e. The molecule has 3 rings (SSSR count). The molecule has 0 radical (unpaired) electrons. The van der Waals surface area contributed by atoms with Gasteiger partial charge in [0.2, 0.25) is 0 Å². The lowest BCUT2D eigenvalue weighted by Crippen LogP contribution is -2.43. The van der Waals surface area contributed by atoms with Gasteiger partial charge in [-0.25, -0.2) is 4.99 Å². The van der Waals surface area contributed by atoms with Crippen molar-refractivity contribution >= 4 is 41.3 Å². The third-order valence-corrected chi connectivity index (χ3v) is 6.16. The van der Waals surface area contributed by atoms with Crippen molar-refractivity contribution in [3.63, 3.8) is 0 Å². The molecule has 2 N–H and O–H groups in total. The van der Waals surface area contributed by atoms with E-state index in [0.717, 1.165) is 30.2 Å². The molecule has 0 aliphatic carbocycles. The van der Waals surface area contributed by atoms with Gasteiger partial charge in [0.25, 0.3) is 5.56 Å². The van der Waals surface area contributed by atoms with E-state index in [9.17, 15) is 4.79 Å². The van der Waals surface area contributed by atoms with Gasteiger partial charge in [-0.1, -0.05) is 50.2 Å². The lowest BCUT2D eigenvalue weighted by molar-refractivity contribution is 0.518. The summed E-state index contributed by atoms with van der Waals surface area (Å²) in [6.07, 6.45) is 1.81. The normalized spacial score (nSPS) is 11.6. The number of aliphatic imine (C=N–C) groups is 1. The lowest BCUT2D eigenvalue weighted by Gasteiger charge is -2.25. The van der Waals surface area contributed by atoms with Gasteiger partial charge in [0.05, 0.1) is 13.1 Å². The van der Waals surface area contributed by atoms with E-state index in [1.165, 1.54) is 4.88 Å². The number of nitrogens with one attached hydrogen (secondary N) is 2. The maximum Gasteiger partial charge on any atom is 0.250 e. The number of thiophene rings is 1. The number of benzene rings is 1. The van der Waals surface area contributed by atoms with E-state index >= 15 is 0 Å². The Morgan fingerprint density at radius 3 is 2.42 bits per heavy atom. The summed E-state index contributed by atoms with van der Waals surface area (Å²) >= 11 is 1.79. The molecule has 0 saturated carbocycles. The molecule has 2 aromatic heterocycles. The van der Waals surface area contributed by atoms with E-state index in [-0.39, 0.29) is 35.0 Å². The fraction of sp³-hybridized carbons (Fsp3) is 0.333. The molecule has 166 valence electrons. The van der Waals surface area contributed by atoms with Crippen LogP contribution in [0.4, 0.5) is 0 Å². The van der Waals surface area contributed by atoms with Crippen LogP contribution in [0.1, 0.15) is 36.8 Å². The van der Waals surface area contributed by atoms with Crippen LogP contribution in [0.3, 0.4) is 0 Å². The van der Waals surface area contributed by atoms with Crippen molar-refractivity contribution in [1.82, 2.24) is 15.2 Å². The molecule has 3 aromatic rings. The number of aromatic nitrogens is 1. The zero-order valence-electron chi connectivity index (χ0n) is 18.3. The highest BCUT2D eigenvalue weighted by Crippen LogP contribution is 2.26. The molecule has 0 amide bonds. The highest BCUT2D eigenvalue weighted by Gasteiger charge is 2.21. The van der Waals surface area contributed by atoms with Crippen molar-refractivity contribution in [2.75, 3.05) is 13.1 Å². The van der Waals surface area contributed by atoms with Gasteiger partial charge in [-0.2, -0.15) is 0 Å². The number of pyridine rings is 1. The fourth-order valence-electron chi connectivity index (χ4n) is 3.11. The summed E-state index contributed by atoms with van der Waals surface area (Å²) in [5, 5.41) is 8.92. The minimum atomic E-state index is 0. The second-order valence-electron chi connectivity index (χ2n) is 7.89. The van der Waals surface area contributed by atoms with Gasteiger partial charge in [0.1, 0.15) is 0 Å². The second kappa shape index (κ2) is 12.0. The molecule has 0 atom stereocenters. The molecular weight excluding hydrogens is 519 g/mol. The van der Waals surface area contributed by atoms with E-state index in [4.69, 9.17) is 4.99 Å². The van der Waals surface area contributed by atoms with Gasteiger partial charge < -0.3 is 15.2 Å². The van der Waals surface area contributed by atoms with Crippen LogP contribution in [-0.4, -0.2) is 23.6 Å². The quantitative estimate of drug-likeness (QED) is 0.245. The Bertz CT molecular complexity index is 1010. The van der Waals surface area contributed by atoms with E-state index in [2.05, 4.69) is 73.2 Å². The summed E-state index contributed by atoms with van der Waals surface area (Å²) in [6.45, 7) is 9.35. The van der Waals surface area contributed by atoms with Gasteiger partial charge in [-0.3, -0.25) is 4.79 Å². The summed E-state index contributed by atoms with van der Waals surface area (Å²) in [5.74, 6) is 0.821. The monoisotopic (exact) mass is 550 g/mol. The molecule has 2 heterocycles. The maximum atomic E-state index is 11.9. The maximum absolute atomic E-state index is 11.9. The summed E-state index contributed by atoms with van der Waals surface area (Å²) in [5.41, 5.74) is 2.28. The number of rotatable bonds is 8. The van der Waals surface area contributed by atoms with Crippen LogP contribution in [0.15, 0.2) is 76.0 Å². The molecule has 0 saturated heterocycles. The van der Waals surface area contributed by atoms with Crippen molar-refractivity contribution in [3.8, 4) is 0 Å². The predicted molar refractivity (Wildman–Crippen MR) is 142 cm³/mol. The summed E-state index contributed by atoms with van der Waals surface area (Å²) < 4.78 is 1.70. The minimum Gasteiger partial charge on any atom is -0.357 e. The van der Waals surface area contributed by atoms with E-state index in [1.807, 2.05) is 12.3 Å². The molecule has 0 spiro atoms. The average Bonchev–Trinajstić information content (AvgIpc) is 3.29. The van der Waals surface area contributed by atoms with Crippen LogP contribution in [0, 0.1) is 0 Å². The molecular formula is C24H31IN4OS. The highest BCUT2D eigenvalue weighted by atomic mass is 127. The number of nitrogens with zero attached hydrogens (tertiary/aromatic N) is 2. The van der Waals surface area contributed by atoms with Gasteiger partial charge in [-0.15, -0.1) is 35.3 Å². The molecule has 1 aromatic carbocycles. The third kappa shape index (κ3) is 7.50. The van der Waals surface area contributed by atoms with Crippen LogP contribution >= 0.6 is 35.3 Å². The molecule has 0 aliphatic rings. The first kappa shape index (κ1) is 25.1. The molecule has 0 aliphatic heterocycles. The minimum absolute atomic E-state index is 0. The summed E-state index contributed by atoms with van der Waals surface area (Å²) in [6, 6.07) is 17.8. The summed E-state index contributed by atoms with van der Waals surface area (Å²) in [4.78, 5) is 18.0. The summed E-state index contributed by atoms with van der Waals surface area (Å²) in [7, 11) is 0. The first-order valence-electron chi connectivity index (χ1n) is 10.3. The topological polar surface area (TPSA) is 58.4 Å². The standard InChI is InChI=1S/C24H30N4OS.HI/c1-4-25-23(27-18-24(2,3)21-8-7-15-30-21)26-16-19-10-12-20(13-11-19)17-28-14-6-5-9-22(28)29;/h5-15H,4,16-18H2,1-3H3,(H2,25,26,27);1H. The molecule has 0 fully saturated rings. The number of guanidine groups is 1. The predicted octanol–water partition coefficient (Wildman–Crippen LogP) is 4.61. The lowest BCUT2D eigenvalue weighted by atomic mass is 9.91. The smallest absolute Gasteiger partial charge is 0.250 e. The van der Waals surface area contributed by atoms with Crippen molar-refractivity contribution < 1.29 is 0 Å². The van der Waals surface area contributed by atoms with Crippen LogP contribution in [0.5, 0.6) is 0 Å². The molecule has 0 bridgehead atoms. The van der Waals surface area contributed by atoms with Crippen molar-refractivity contribution in [2.45, 2.75) is 39.3 Å². The Balaban J connectivity index is 0.00000341. The van der Waals surface area contributed by atoms with E-state index in [1.54, 1.807) is 28.0 Å². The van der Waals surface area contributed by atoms with Crippen LogP contribution in [0.25, 0.3) is 0 Å². The van der Waals surface area contributed by atoms with Crippen LogP contribution in [-0.2, 0) is 18.5 Å². The van der Waals surface area contributed by atoms with E-state index in [0.29, 0.717) is 13.1 Å². The molecule has 31 heavy (non-hydrogen) atoms. The second-order valence-corrected chi connectivity index (χ2v) is 8.84. The molecule has 5 nitrogen and oxygen atoms in total. The first-order valence-corrected chi connectivity index (χ1v) is 11.2. The Morgan fingerprint density at radius 2 is 1.77 bits per heavy atom. The van der Waals surface area contributed by atoms with Gasteiger partial charge >= 0.3 is 0 Å². The van der Waals surface area contributed by atoms with Crippen LogP contribution < -0.4 is 16.2 Å². The average molecular weight is 551 g/mol. The zero-order valence-corrected chi connectivity index (χ0v) is 21.4. The Morgan fingerprint density at radius 1 is 1.03 bits per heavy atom. The Hall–Kier alpha value is -2.13. The van der Waals surface area contributed by atoms with E-state index < -0.39 is 0 Å². The fourth-order valence-corrected chi connectivity index (χ4v) is 3.96. The Labute approximate surface area is 205 Å². The number of hydrogen-bond donors (Lipinski definition) is 2. The Kier molecular flexibility index (Phi) is 9.77. The van der Waals surface area contributed by atoms with Crippen molar-refractivity contribution in [1.29, 1.82) is 0 Å². The molecule has 7 heteroatoms. The number of hydrogen-bond acceptors (Lipinski definition) is 3. The van der Waals surface area contributed by atoms with Crippen molar-refractivity contribution in [3.05, 3.63) is 92.5 Å².